The first-order chi connectivity index (χ1) is 17.3. The lowest BCUT2D eigenvalue weighted by atomic mass is 10.1. The van der Waals surface area contributed by atoms with E-state index in [4.69, 9.17) is 14.2 Å². The Balaban J connectivity index is 1.55. The molecule has 1 fully saturated rings. The Morgan fingerprint density at radius 1 is 1.03 bits per heavy atom. The van der Waals surface area contributed by atoms with Crippen LogP contribution < -0.4 is 14.2 Å². The van der Waals surface area contributed by atoms with E-state index >= 15 is 0 Å². The lowest BCUT2D eigenvalue weighted by Crippen LogP contribution is -2.27. The number of methoxy groups -OCH3 is 2. The minimum atomic E-state index is -0.543. The molecule has 2 amide bonds. The number of hydrogen-bond acceptors (Lipinski definition) is 7. The number of ether oxygens (including phenoxy) is 3. The van der Waals surface area contributed by atoms with E-state index < -0.39 is 5.97 Å². The van der Waals surface area contributed by atoms with Gasteiger partial charge in [-0.05, 0) is 94.9 Å². The average molecular weight is 615 g/mol. The molecule has 9 heteroatoms. The first-order valence-electron chi connectivity index (χ1n) is 10.8. The van der Waals surface area contributed by atoms with Gasteiger partial charge in [0.1, 0.15) is 5.75 Å². The molecule has 0 unspecified atom stereocenters. The van der Waals surface area contributed by atoms with Crippen LogP contribution in [0.15, 0.2) is 65.6 Å². The third-order valence-corrected chi connectivity index (χ3v) is 7.08. The molecule has 0 atom stereocenters. The molecule has 1 saturated heterocycles. The summed E-state index contributed by atoms with van der Waals surface area (Å²) in [4.78, 5) is 39.7. The molecule has 1 heterocycles. The zero-order chi connectivity index (χ0) is 25.8. The Hall–Kier alpha value is -3.31. The van der Waals surface area contributed by atoms with Crippen molar-refractivity contribution in [1.82, 2.24) is 4.90 Å². The van der Waals surface area contributed by atoms with Crippen LogP contribution in [0.4, 0.5) is 4.79 Å². The number of esters is 1. The van der Waals surface area contributed by atoms with Crippen molar-refractivity contribution in [3.05, 3.63) is 91.4 Å². The number of aryl methyl sites for hydroxylation is 1. The molecular formula is C27H22INO6S. The summed E-state index contributed by atoms with van der Waals surface area (Å²) in [5.74, 6) is 0.332. The first kappa shape index (κ1) is 25.8. The molecule has 184 valence electrons. The summed E-state index contributed by atoms with van der Waals surface area (Å²) in [5, 5.41) is -0.320. The van der Waals surface area contributed by atoms with E-state index in [2.05, 4.69) is 0 Å². The van der Waals surface area contributed by atoms with Crippen LogP contribution in [-0.2, 0) is 11.3 Å². The van der Waals surface area contributed by atoms with E-state index in [1.54, 1.807) is 49.6 Å². The highest BCUT2D eigenvalue weighted by Crippen LogP contribution is 2.38. The molecule has 0 bridgehead atoms. The minimum absolute atomic E-state index is 0.213. The number of imide groups is 1. The molecule has 0 aliphatic carbocycles. The second-order valence-electron chi connectivity index (χ2n) is 7.91. The topological polar surface area (TPSA) is 82.1 Å². The van der Waals surface area contributed by atoms with Gasteiger partial charge >= 0.3 is 5.97 Å². The summed E-state index contributed by atoms with van der Waals surface area (Å²) in [6.45, 7) is 2.18. The van der Waals surface area contributed by atoms with Crippen LogP contribution in [0.2, 0.25) is 0 Å². The fraction of sp³-hybridized carbons (Fsp3) is 0.148. The van der Waals surface area contributed by atoms with Crippen LogP contribution in [0.5, 0.6) is 17.2 Å². The quantitative estimate of drug-likeness (QED) is 0.138. The third-order valence-electron chi connectivity index (χ3n) is 5.37. The molecule has 1 aliphatic heterocycles. The number of rotatable bonds is 7. The van der Waals surface area contributed by atoms with E-state index in [9.17, 15) is 14.4 Å². The smallest absolute Gasteiger partial charge is 0.343 e. The number of nitrogens with zero attached hydrogens (tertiary/aromatic N) is 1. The molecule has 0 aromatic heterocycles. The Morgan fingerprint density at radius 2 is 1.78 bits per heavy atom. The summed E-state index contributed by atoms with van der Waals surface area (Å²) < 4.78 is 16.8. The van der Waals surface area contributed by atoms with Crippen LogP contribution in [0.3, 0.4) is 0 Å². The monoisotopic (exact) mass is 615 g/mol. The second-order valence-corrected chi connectivity index (χ2v) is 10.1. The normalized spacial score (nSPS) is 14.3. The maximum Gasteiger partial charge on any atom is 0.343 e. The molecule has 7 nitrogen and oxygen atoms in total. The number of carbonyl (C=O) groups is 3. The van der Waals surface area contributed by atoms with Crippen molar-refractivity contribution >= 4 is 57.5 Å². The molecule has 36 heavy (non-hydrogen) atoms. The lowest BCUT2D eigenvalue weighted by Gasteiger charge is -2.13. The van der Waals surface area contributed by atoms with Crippen molar-refractivity contribution in [3.8, 4) is 17.2 Å². The van der Waals surface area contributed by atoms with Crippen molar-refractivity contribution in [3.63, 3.8) is 0 Å². The van der Waals surface area contributed by atoms with Crippen molar-refractivity contribution in [2.75, 3.05) is 14.2 Å². The maximum atomic E-state index is 13.0. The molecule has 0 radical (unpaired) electrons. The summed E-state index contributed by atoms with van der Waals surface area (Å²) >= 11 is 2.94. The Labute approximate surface area is 226 Å². The number of carbonyl (C=O) groups excluding carboxylic acids is 3. The number of halogens is 1. The molecule has 4 rings (SSSR count). The molecule has 0 N–H and O–H groups in total. The standard InChI is InChI=1S/C27H22INO6S/c1-16-5-4-6-17(11-16)15-29-25(30)23(36-27(29)32)14-18-12-21(28)24(22(13-18)34-3)35-26(31)19-7-9-20(33-2)10-8-19/h4-14H,15H2,1-3H3/b23-14-. The largest absolute Gasteiger partial charge is 0.497 e. The van der Waals surface area contributed by atoms with Crippen LogP contribution >= 0.6 is 34.4 Å². The fourth-order valence-corrected chi connectivity index (χ4v) is 5.16. The van der Waals surface area contributed by atoms with Gasteiger partial charge < -0.3 is 14.2 Å². The van der Waals surface area contributed by atoms with Crippen molar-refractivity contribution < 1.29 is 28.6 Å². The van der Waals surface area contributed by atoms with E-state index in [-0.39, 0.29) is 23.4 Å². The maximum absolute atomic E-state index is 13.0. The predicted molar refractivity (Wildman–Crippen MR) is 146 cm³/mol. The SMILES string of the molecule is COc1ccc(C(=O)Oc2c(I)cc(/C=C3\SC(=O)N(Cc4cccc(C)c4)C3=O)cc2OC)cc1. The van der Waals surface area contributed by atoms with Gasteiger partial charge in [0.25, 0.3) is 11.1 Å². The fourth-order valence-electron chi connectivity index (χ4n) is 3.58. The van der Waals surface area contributed by atoms with Gasteiger partial charge in [-0.2, -0.15) is 0 Å². The highest BCUT2D eigenvalue weighted by molar-refractivity contribution is 14.1. The third kappa shape index (κ3) is 5.73. The minimum Gasteiger partial charge on any atom is -0.497 e. The van der Waals surface area contributed by atoms with E-state index in [1.807, 2.05) is 53.8 Å². The van der Waals surface area contributed by atoms with Gasteiger partial charge in [0.05, 0.1) is 34.8 Å². The summed E-state index contributed by atoms with van der Waals surface area (Å²) in [5.41, 5.74) is 2.95. The number of thioether (sulfide) groups is 1. The zero-order valence-corrected chi connectivity index (χ0v) is 22.7. The van der Waals surface area contributed by atoms with Gasteiger partial charge in [-0.25, -0.2) is 4.79 Å². The van der Waals surface area contributed by atoms with Crippen molar-refractivity contribution in [2.45, 2.75) is 13.5 Å². The van der Waals surface area contributed by atoms with Gasteiger partial charge in [0.2, 0.25) is 0 Å². The summed E-state index contributed by atoms with van der Waals surface area (Å²) in [7, 11) is 3.02. The van der Waals surface area contributed by atoms with Crippen LogP contribution in [-0.4, -0.2) is 36.2 Å². The van der Waals surface area contributed by atoms with Crippen LogP contribution in [0.25, 0.3) is 6.08 Å². The summed E-state index contributed by atoms with van der Waals surface area (Å²) in [6, 6.07) is 17.7. The molecule has 0 spiro atoms. The highest BCUT2D eigenvalue weighted by Gasteiger charge is 2.35. The van der Waals surface area contributed by atoms with Crippen LogP contribution in [0.1, 0.15) is 27.0 Å². The van der Waals surface area contributed by atoms with Gasteiger partial charge in [0, 0.05) is 0 Å². The van der Waals surface area contributed by atoms with Crippen molar-refractivity contribution in [1.29, 1.82) is 0 Å². The highest BCUT2D eigenvalue weighted by atomic mass is 127. The zero-order valence-electron chi connectivity index (χ0n) is 19.7. The number of benzene rings is 3. The van der Waals surface area contributed by atoms with Gasteiger partial charge in [-0.15, -0.1) is 0 Å². The van der Waals surface area contributed by atoms with Gasteiger partial charge in [-0.3, -0.25) is 14.5 Å². The van der Waals surface area contributed by atoms with E-state index in [0.717, 1.165) is 22.9 Å². The Kier molecular flexibility index (Phi) is 8.00. The van der Waals surface area contributed by atoms with Gasteiger partial charge in [-0.1, -0.05) is 29.8 Å². The first-order valence-corrected chi connectivity index (χ1v) is 12.7. The van der Waals surface area contributed by atoms with Crippen LogP contribution in [0, 0.1) is 10.5 Å². The van der Waals surface area contributed by atoms with E-state index in [0.29, 0.717) is 31.1 Å². The lowest BCUT2D eigenvalue weighted by molar-refractivity contribution is -0.123. The molecule has 0 saturated carbocycles. The van der Waals surface area contributed by atoms with Crippen molar-refractivity contribution in [2.24, 2.45) is 0 Å². The molecule has 3 aromatic carbocycles. The van der Waals surface area contributed by atoms with E-state index in [1.165, 1.54) is 12.0 Å². The van der Waals surface area contributed by atoms with Gasteiger partial charge in [0.15, 0.2) is 11.5 Å². The molecular weight excluding hydrogens is 593 g/mol. The second kappa shape index (κ2) is 11.2. The molecule has 3 aromatic rings. The number of amides is 2. The average Bonchev–Trinajstić information content (AvgIpc) is 3.12. The number of hydrogen-bond donors (Lipinski definition) is 0. The predicted octanol–water partition coefficient (Wildman–Crippen LogP) is 6.07. The summed E-state index contributed by atoms with van der Waals surface area (Å²) in [6.07, 6.45) is 1.64. The Morgan fingerprint density at radius 3 is 2.44 bits per heavy atom. The Bertz CT molecular complexity index is 1370. The molecule has 1 aliphatic rings.